The molecule has 0 bridgehead atoms. The van der Waals surface area contributed by atoms with Crippen molar-refractivity contribution in [3.05, 3.63) is 82.1 Å². The molecule has 6 rings (SSSR count). The van der Waals surface area contributed by atoms with Gasteiger partial charge in [-0.05, 0) is 55.2 Å². The molecule has 1 aliphatic carbocycles. The summed E-state index contributed by atoms with van der Waals surface area (Å²) < 4.78 is 32.6. The Bertz CT molecular complexity index is 1460. The van der Waals surface area contributed by atoms with Crippen LogP contribution in [0.5, 0.6) is 0 Å². The summed E-state index contributed by atoms with van der Waals surface area (Å²) in [5.41, 5.74) is 4.73. The highest BCUT2D eigenvalue weighted by atomic mass is 32.2. The summed E-state index contributed by atoms with van der Waals surface area (Å²) in [6.45, 7) is 3.68. The van der Waals surface area contributed by atoms with Gasteiger partial charge in [0, 0.05) is 18.5 Å². The molecule has 0 spiro atoms. The average molecular weight is 537 g/mol. The summed E-state index contributed by atoms with van der Waals surface area (Å²) in [5, 5.41) is 10.7. The predicted molar refractivity (Wildman–Crippen MR) is 139 cm³/mol. The van der Waals surface area contributed by atoms with Crippen molar-refractivity contribution in [1.82, 2.24) is 28.9 Å². The van der Waals surface area contributed by atoms with Gasteiger partial charge < -0.3 is 4.55 Å². The summed E-state index contributed by atoms with van der Waals surface area (Å²) >= 11 is -0.0608. The first-order valence-corrected chi connectivity index (χ1v) is 14.2. The minimum Gasteiger partial charge on any atom is -0.593 e. The summed E-state index contributed by atoms with van der Waals surface area (Å²) in [4.78, 5) is 19.0. The van der Waals surface area contributed by atoms with Crippen molar-refractivity contribution < 1.29 is 13.7 Å². The Morgan fingerprint density at radius 3 is 2.84 bits per heavy atom. The largest absolute Gasteiger partial charge is 0.593 e. The maximum absolute atomic E-state index is 14.0. The molecule has 3 aromatic heterocycles. The third-order valence-corrected chi connectivity index (χ3v) is 9.03. The van der Waals surface area contributed by atoms with Crippen molar-refractivity contribution in [2.75, 3.05) is 13.1 Å². The normalized spacial score (nSPS) is 20.2. The van der Waals surface area contributed by atoms with Crippen LogP contribution in [0.4, 0.5) is 4.39 Å². The zero-order valence-electron chi connectivity index (χ0n) is 20.2. The molecule has 1 aromatic carbocycles. The van der Waals surface area contributed by atoms with Gasteiger partial charge in [0.1, 0.15) is 17.7 Å². The quantitative estimate of drug-likeness (QED) is 0.258. The van der Waals surface area contributed by atoms with Gasteiger partial charge in [-0.15, -0.1) is 15.6 Å². The van der Waals surface area contributed by atoms with Gasteiger partial charge in [-0.2, -0.15) is 10.2 Å². The number of carbonyl (C=O) groups is 1. The Morgan fingerprint density at radius 2 is 2.08 bits per heavy atom. The molecule has 4 heterocycles. The number of halogens is 1. The molecule has 2 atom stereocenters. The number of aromatic nitrogens is 5. The Labute approximate surface area is 220 Å². The van der Waals surface area contributed by atoms with Crippen LogP contribution in [0.1, 0.15) is 41.5 Å². The maximum Gasteiger partial charge on any atom is 0.211 e. The van der Waals surface area contributed by atoms with E-state index in [1.54, 1.807) is 44.8 Å². The Hall–Kier alpha value is -3.12. The van der Waals surface area contributed by atoms with Gasteiger partial charge in [0.15, 0.2) is 5.78 Å². The molecular formula is C26H25FN6O2S2. The lowest BCUT2D eigenvalue weighted by Crippen LogP contribution is -2.53. The predicted octanol–water partition coefficient (Wildman–Crippen LogP) is 4.31. The fourth-order valence-electron chi connectivity index (χ4n) is 5.25. The number of carbonyl (C=O) groups excluding carboxylic acids is 1. The van der Waals surface area contributed by atoms with Gasteiger partial charge in [0.05, 0.1) is 52.6 Å². The van der Waals surface area contributed by atoms with Crippen LogP contribution in [0.25, 0.3) is 11.8 Å². The van der Waals surface area contributed by atoms with Crippen LogP contribution in [-0.2, 0) is 24.3 Å². The highest BCUT2D eigenvalue weighted by Gasteiger charge is 2.52. The Balaban J connectivity index is 1.38. The van der Waals surface area contributed by atoms with Gasteiger partial charge >= 0.3 is 0 Å². The zero-order chi connectivity index (χ0) is 25.6. The molecule has 8 nitrogen and oxygen atoms in total. The summed E-state index contributed by atoms with van der Waals surface area (Å²) in [6.07, 6.45) is 9.23. The molecule has 11 heteroatoms. The highest BCUT2D eigenvalue weighted by molar-refractivity contribution is 7.89. The number of piperidine rings is 1. The monoisotopic (exact) mass is 536 g/mol. The topological polar surface area (TPSA) is 91.9 Å². The van der Waals surface area contributed by atoms with E-state index in [1.165, 1.54) is 23.5 Å². The molecule has 4 aromatic rings. The molecule has 37 heavy (non-hydrogen) atoms. The number of fused-ring (bicyclic) bond motifs is 2. The minimum atomic E-state index is -1.45. The molecule has 0 N–H and O–H groups in total. The lowest BCUT2D eigenvalue weighted by molar-refractivity contribution is 0.0770. The van der Waals surface area contributed by atoms with Crippen LogP contribution >= 0.6 is 11.3 Å². The van der Waals surface area contributed by atoms with Crippen molar-refractivity contribution in [1.29, 1.82) is 0 Å². The highest BCUT2D eigenvalue weighted by Crippen LogP contribution is 2.47. The van der Waals surface area contributed by atoms with E-state index in [0.29, 0.717) is 36.5 Å². The number of thiazole rings is 1. The number of hydrogen-bond donors (Lipinski definition) is 0. The Kier molecular flexibility index (Phi) is 6.31. The fraction of sp³-hybridized carbons (Fsp3) is 0.308. The second kappa shape index (κ2) is 9.64. The van der Waals surface area contributed by atoms with E-state index in [1.807, 2.05) is 16.6 Å². The first-order chi connectivity index (χ1) is 18.0. The van der Waals surface area contributed by atoms with Crippen LogP contribution in [0.3, 0.4) is 0 Å². The van der Waals surface area contributed by atoms with Crippen LogP contribution in [0.2, 0.25) is 0 Å². The SMILES string of the molecule is CCCn1cc([S+]([O-])N2CCC3=Cc4c(cnn4-c4ccc(F)cc4)CC3(C(=O)c3cscn3)C2)cn1. The lowest BCUT2D eigenvalue weighted by atomic mass is 9.65. The zero-order valence-corrected chi connectivity index (χ0v) is 21.8. The number of hydrogen-bond acceptors (Lipinski definition) is 7. The fourth-order valence-corrected chi connectivity index (χ4v) is 7.02. The third kappa shape index (κ3) is 4.25. The van der Waals surface area contributed by atoms with Crippen LogP contribution in [0.15, 0.2) is 64.2 Å². The van der Waals surface area contributed by atoms with Gasteiger partial charge in [-0.1, -0.05) is 12.5 Å². The molecular weight excluding hydrogens is 511 g/mol. The second-order valence-corrected chi connectivity index (χ2v) is 11.6. The first-order valence-electron chi connectivity index (χ1n) is 12.1. The van der Waals surface area contributed by atoms with Crippen molar-refractivity contribution >= 4 is 34.6 Å². The van der Waals surface area contributed by atoms with Crippen LogP contribution in [0, 0.1) is 11.2 Å². The van der Waals surface area contributed by atoms with Crippen molar-refractivity contribution in [3.8, 4) is 5.69 Å². The number of benzene rings is 1. The van der Waals surface area contributed by atoms with Crippen molar-refractivity contribution in [3.63, 3.8) is 0 Å². The van der Waals surface area contributed by atoms with E-state index >= 15 is 0 Å². The van der Waals surface area contributed by atoms with E-state index in [9.17, 15) is 13.7 Å². The standard InChI is InChI=1S/C26H25FN6O2S2/c1-2-8-31-14-22(13-29-31)37(35)32-9-7-19-10-24-18(12-30-33(24)21-5-3-20(27)4-6-21)11-26(19,16-32)25(34)23-15-36-17-28-23/h3-6,10,12-15,17H,2,7-9,11,16H2,1H3. The molecule has 1 saturated heterocycles. The molecule has 0 amide bonds. The number of Topliss-reactive ketones (excluding diaryl/α,β-unsaturated/α-hetero) is 1. The van der Waals surface area contributed by atoms with E-state index in [0.717, 1.165) is 35.5 Å². The molecule has 2 unspecified atom stereocenters. The molecule has 2 aliphatic rings. The summed E-state index contributed by atoms with van der Waals surface area (Å²) in [6, 6.07) is 6.19. The number of nitrogens with zero attached hydrogens (tertiary/aromatic N) is 6. The Morgan fingerprint density at radius 1 is 1.24 bits per heavy atom. The number of ketones is 1. The molecule has 0 saturated carbocycles. The van der Waals surface area contributed by atoms with Crippen molar-refractivity contribution in [2.24, 2.45) is 5.41 Å². The van der Waals surface area contributed by atoms with Crippen molar-refractivity contribution in [2.45, 2.75) is 37.6 Å². The molecule has 0 radical (unpaired) electrons. The van der Waals surface area contributed by atoms with E-state index in [2.05, 4.69) is 22.1 Å². The van der Waals surface area contributed by atoms with Gasteiger partial charge in [-0.3, -0.25) is 9.48 Å². The number of rotatable bonds is 7. The summed E-state index contributed by atoms with van der Waals surface area (Å²) in [7, 11) is 0. The van der Waals surface area contributed by atoms with E-state index in [4.69, 9.17) is 0 Å². The van der Waals surface area contributed by atoms with Gasteiger partial charge in [0.2, 0.25) is 4.90 Å². The second-order valence-electron chi connectivity index (χ2n) is 9.38. The third-order valence-electron chi connectivity index (χ3n) is 7.05. The van der Waals surface area contributed by atoms with E-state index < -0.39 is 16.8 Å². The smallest absolute Gasteiger partial charge is 0.211 e. The minimum absolute atomic E-state index is 0.0661. The van der Waals surface area contributed by atoms with E-state index in [-0.39, 0.29) is 11.6 Å². The molecule has 1 fully saturated rings. The lowest BCUT2D eigenvalue weighted by Gasteiger charge is -2.44. The maximum atomic E-state index is 14.0. The van der Waals surface area contributed by atoms with Crippen LogP contribution < -0.4 is 0 Å². The molecule has 1 aliphatic heterocycles. The average Bonchev–Trinajstić information content (AvgIpc) is 3.68. The number of aryl methyl sites for hydroxylation is 1. The summed E-state index contributed by atoms with van der Waals surface area (Å²) in [5.74, 6) is -0.375. The van der Waals surface area contributed by atoms with Gasteiger partial charge in [0.25, 0.3) is 0 Å². The molecule has 190 valence electrons. The van der Waals surface area contributed by atoms with Gasteiger partial charge in [-0.25, -0.2) is 14.1 Å². The van der Waals surface area contributed by atoms with Crippen LogP contribution in [-0.4, -0.2) is 52.3 Å². The first kappa shape index (κ1) is 24.2.